The summed E-state index contributed by atoms with van der Waals surface area (Å²) >= 11 is 0. The van der Waals surface area contributed by atoms with Crippen LogP contribution in [-0.4, -0.2) is 19.4 Å². The normalized spacial score (nSPS) is 9.75. The van der Waals surface area contributed by atoms with Gasteiger partial charge in [0.05, 0.1) is 12.3 Å². The molecular weight excluding hydrogens is 152 g/mol. The van der Waals surface area contributed by atoms with Gasteiger partial charge >= 0.3 is 0 Å². The highest BCUT2D eigenvalue weighted by molar-refractivity contribution is 6.03. The Morgan fingerprint density at radius 2 is 2.17 bits per heavy atom. The Kier molecular flexibility index (Phi) is 2.82. The van der Waals surface area contributed by atoms with Gasteiger partial charge in [0.2, 0.25) is 0 Å². The average Bonchev–Trinajstić information content (AvgIpc) is 2.05. The number of methoxy groups -OCH3 is 1. The number of nitrogens with one attached hydrogen (secondary N) is 1. The van der Waals surface area contributed by atoms with Crippen molar-refractivity contribution < 1.29 is 4.74 Å². The Morgan fingerprint density at radius 3 is 2.75 bits per heavy atom. The van der Waals surface area contributed by atoms with Crippen molar-refractivity contribution in [1.82, 2.24) is 0 Å². The zero-order valence-corrected chi connectivity index (χ0v) is 7.00. The van der Waals surface area contributed by atoms with Gasteiger partial charge in [-0.25, -0.2) is 0 Å². The van der Waals surface area contributed by atoms with E-state index in [4.69, 9.17) is 15.9 Å². The van der Waals surface area contributed by atoms with Gasteiger partial charge in [0.1, 0.15) is 0 Å². The first-order valence-corrected chi connectivity index (χ1v) is 3.67. The van der Waals surface area contributed by atoms with Crippen LogP contribution < -0.4 is 5.73 Å². The molecule has 0 heterocycles. The second-order valence-corrected chi connectivity index (χ2v) is 2.50. The van der Waals surface area contributed by atoms with Gasteiger partial charge in [0.25, 0.3) is 0 Å². The minimum Gasteiger partial charge on any atom is -0.398 e. The minimum absolute atomic E-state index is 0.300. The van der Waals surface area contributed by atoms with Gasteiger partial charge in [-0.3, -0.25) is 0 Å². The van der Waals surface area contributed by atoms with E-state index < -0.39 is 0 Å². The number of para-hydroxylation sites is 1. The topological polar surface area (TPSA) is 59.1 Å². The molecule has 1 aromatic carbocycles. The Balaban J connectivity index is 2.87. The monoisotopic (exact) mass is 164 g/mol. The van der Waals surface area contributed by atoms with E-state index in [1.54, 1.807) is 13.2 Å². The van der Waals surface area contributed by atoms with Gasteiger partial charge in [-0.05, 0) is 6.07 Å². The van der Waals surface area contributed by atoms with E-state index in [0.717, 1.165) is 5.56 Å². The molecule has 0 unspecified atom stereocenters. The lowest BCUT2D eigenvalue weighted by Crippen LogP contribution is -2.09. The number of ether oxygens (including phenoxy) is 1. The Bertz CT molecular complexity index is 284. The molecular formula is C9H12N2O. The molecule has 0 atom stereocenters. The molecule has 0 fully saturated rings. The standard InChI is InChI=1S/C9H12N2O/c1-12-6-9(11)7-4-2-3-5-8(7)10/h2-5,11H,6,10H2,1H3. The van der Waals surface area contributed by atoms with Crippen molar-refractivity contribution in [3.8, 4) is 0 Å². The SMILES string of the molecule is COCC(=N)c1ccccc1N. The van der Waals surface area contributed by atoms with Crippen molar-refractivity contribution in [2.45, 2.75) is 0 Å². The number of anilines is 1. The van der Waals surface area contributed by atoms with Crippen LogP contribution in [-0.2, 0) is 4.74 Å². The summed E-state index contributed by atoms with van der Waals surface area (Å²) in [6, 6.07) is 7.30. The number of benzene rings is 1. The summed E-state index contributed by atoms with van der Waals surface area (Å²) in [7, 11) is 1.56. The molecule has 0 radical (unpaired) electrons. The summed E-state index contributed by atoms with van der Waals surface area (Å²) in [5.41, 5.74) is 7.44. The molecule has 0 amide bonds. The molecule has 12 heavy (non-hydrogen) atoms. The summed E-state index contributed by atoms with van der Waals surface area (Å²) in [6.45, 7) is 0.300. The van der Waals surface area contributed by atoms with E-state index in [0.29, 0.717) is 18.0 Å². The fraction of sp³-hybridized carbons (Fsp3) is 0.222. The van der Waals surface area contributed by atoms with Crippen molar-refractivity contribution in [2.24, 2.45) is 0 Å². The lowest BCUT2D eigenvalue weighted by atomic mass is 10.1. The molecule has 0 aliphatic rings. The third-order valence-corrected chi connectivity index (χ3v) is 1.57. The second-order valence-electron chi connectivity index (χ2n) is 2.50. The molecule has 3 N–H and O–H groups in total. The highest BCUT2D eigenvalue weighted by Gasteiger charge is 2.02. The van der Waals surface area contributed by atoms with Crippen LogP contribution in [0.3, 0.4) is 0 Å². The zero-order valence-electron chi connectivity index (χ0n) is 7.00. The molecule has 0 bridgehead atoms. The highest BCUT2D eigenvalue weighted by atomic mass is 16.5. The molecule has 0 aliphatic heterocycles. The minimum atomic E-state index is 0.300. The fourth-order valence-electron chi connectivity index (χ4n) is 0.994. The van der Waals surface area contributed by atoms with Gasteiger partial charge in [-0.2, -0.15) is 0 Å². The van der Waals surface area contributed by atoms with Crippen LogP contribution in [0.1, 0.15) is 5.56 Å². The van der Waals surface area contributed by atoms with E-state index in [1.165, 1.54) is 0 Å². The van der Waals surface area contributed by atoms with Gasteiger partial charge in [-0.1, -0.05) is 18.2 Å². The lowest BCUT2D eigenvalue weighted by molar-refractivity contribution is 0.245. The predicted molar refractivity (Wildman–Crippen MR) is 49.6 cm³/mol. The third kappa shape index (κ3) is 1.83. The number of hydrogen-bond donors (Lipinski definition) is 2. The Morgan fingerprint density at radius 1 is 1.50 bits per heavy atom. The maximum Gasteiger partial charge on any atom is 0.0883 e. The largest absolute Gasteiger partial charge is 0.398 e. The van der Waals surface area contributed by atoms with Crippen LogP contribution in [0.4, 0.5) is 5.69 Å². The summed E-state index contributed by atoms with van der Waals surface area (Å²) in [4.78, 5) is 0. The first-order valence-electron chi connectivity index (χ1n) is 3.67. The van der Waals surface area contributed by atoms with E-state index in [2.05, 4.69) is 0 Å². The second kappa shape index (κ2) is 3.88. The molecule has 3 heteroatoms. The number of rotatable bonds is 3. The van der Waals surface area contributed by atoms with Crippen LogP contribution in [0.15, 0.2) is 24.3 Å². The third-order valence-electron chi connectivity index (χ3n) is 1.57. The van der Waals surface area contributed by atoms with Crippen LogP contribution >= 0.6 is 0 Å². The van der Waals surface area contributed by atoms with Crippen molar-refractivity contribution in [3.05, 3.63) is 29.8 Å². The maximum atomic E-state index is 7.57. The summed E-state index contributed by atoms with van der Waals surface area (Å²) in [6.07, 6.45) is 0. The van der Waals surface area contributed by atoms with Crippen LogP contribution in [0.5, 0.6) is 0 Å². The van der Waals surface area contributed by atoms with Crippen LogP contribution in [0.25, 0.3) is 0 Å². The van der Waals surface area contributed by atoms with Crippen molar-refractivity contribution in [1.29, 1.82) is 5.41 Å². The van der Waals surface area contributed by atoms with Crippen LogP contribution in [0, 0.1) is 5.41 Å². The molecule has 3 nitrogen and oxygen atoms in total. The molecule has 1 aromatic rings. The van der Waals surface area contributed by atoms with Gasteiger partial charge in [0, 0.05) is 18.4 Å². The molecule has 64 valence electrons. The fourth-order valence-corrected chi connectivity index (χ4v) is 0.994. The maximum absolute atomic E-state index is 7.57. The van der Waals surface area contributed by atoms with E-state index in [1.807, 2.05) is 18.2 Å². The molecule has 0 aromatic heterocycles. The van der Waals surface area contributed by atoms with E-state index >= 15 is 0 Å². The van der Waals surface area contributed by atoms with Crippen LogP contribution in [0.2, 0.25) is 0 Å². The lowest BCUT2D eigenvalue weighted by Gasteiger charge is -2.05. The van der Waals surface area contributed by atoms with Gasteiger partial charge in [-0.15, -0.1) is 0 Å². The molecule has 0 saturated carbocycles. The molecule has 0 aliphatic carbocycles. The summed E-state index contributed by atoms with van der Waals surface area (Å²) < 4.78 is 4.83. The quantitative estimate of drug-likeness (QED) is 0.522. The molecule has 0 spiro atoms. The van der Waals surface area contributed by atoms with E-state index in [-0.39, 0.29) is 0 Å². The van der Waals surface area contributed by atoms with Crippen molar-refractivity contribution in [2.75, 3.05) is 19.5 Å². The number of hydrogen-bond acceptors (Lipinski definition) is 3. The van der Waals surface area contributed by atoms with Gasteiger partial charge in [0.15, 0.2) is 0 Å². The van der Waals surface area contributed by atoms with Crippen molar-refractivity contribution in [3.63, 3.8) is 0 Å². The average molecular weight is 164 g/mol. The summed E-state index contributed by atoms with van der Waals surface area (Å²) in [5.74, 6) is 0. The smallest absolute Gasteiger partial charge is 0.0883 e. The highest BCUT2D eigenvalue weighted by Crippen LogP contribution is 2.10. The predicted octanol–water partition coefficient (Wildman–Crippen LogP) is 1.28. The first-order chi connectivity index (χ1) is 5.75. The molecule has 1 rings (SSSR count). The molecule has 0 saturated heterocycles. The van der Waals surface area contributed by atoms with E-state index in [9.17, 15) is 0 Å². The first kappa shape index (κ1) is 8.74. The van der Waals surface area contributed by atoms with Crippen molar-refractivity contribution >= 4 is 11.4 Å². The Hall–Kier alpha value is -1.35. The number of nitrogen functional groups attached to an aromatic ring is 1. The zero-order chi connectivity index (χ0) is 8.97. The number of nitrogens with two attached hydrogens (primary N) is 1. The Labute approximate surface area is 71.7 Å². The summed E-state index contributed by atoms with van der Waals surface area (Å²) in [5, 5.41) is 7.57. The van der Waals surface area contributed by atoms with Gasteiger partial charge < -0.3 is 15.9 Å².